The van der Waals surface area contributed by atoms with Gasteiger partial charge in [0.2, 0.25) is 0 Å². The second-order valence-electron chi connectivity index (χ2n) is 4.69. The van der Waals surface area contributed by atoms with Crippen LogP contribution in [0.5, 0.6) is 11.5 Å². The molecule has 0 aromatic heterocycles. The molecule has 0 fully saturated rings. The number of benzene rings is 2. The minimum atomic E-state index is -0.845. The van der Waals surface area contributed by atoms with Crippen molar-refractivity contribution in [3.8, 4) is 11.5 Å². The summed E-state index contributed by atoms with van der Waals surface area (Å²) >= 11 is 5.86. The standard InChI is InChI=1S/C16H14ClNO6/c1-22-14-7-12(13(18(20)21)8-15(14)23-2)16(19)24-9-10-4-3-5-11(17)6-10/h3-8H,9H2,1-2H3. The van der Waals surface area contributed by atoms with Crippen LogP contribution < -0.4 is 9.47 Å². The van der Waals surface area contributed by atoms with Crippen LogP contribution >= 0.6 is 11.6 Å². The Kier molecular flexibility index (Phi) is 5.59. The summed E-state index contributed by atoms with van der Waals surface area (Å²) in [6, 6.07) is 9.10. The number of esters is 1. The Labute approximate surface area is 142 Å². The second-order valence-corrected chi connectivity index (χ2v) is 5.12. The highest BCUT2D eigenvalue weighted by atomic mass is 35.5. The molecule has 7 nitrogen and oxygen atoms in total. The van der Waals surface area contributed by atoms with Crippen molar-refractivity contribution in [2.45, 2.75) is 6.61 Å². The molecule has 0 heterocycles. The molecule has 2 rings (SSSR count). The molecule has 0 bridgehead atoms. The summed E-state index contributed by atoms with van der Waals surface area (Å²) in [4.78, 5) is 22.8. The monoisotopic (exact) mass is 351 g/mol. The van der Waals surface area contributed by atoms with E-state index in [9.17, 15) is 14.9 Å². The summed E-state index contributed by atoms with van der Waals surface area (Å²) in [5, 5.41) is 11.7. The molecule has 8 heteroatoms. The Morgan fingerprint density at radius 3 is 2.42 bits per heavy atom. The lowest BCUT2D eigenvalue weighted by Gasteiger charge is -2.10. The van der Waals surface area contributed by atoms with Crippen LogP contribution in [-0.2, 0) is 11.3 Å². The Bertz CT molecular complexity index is 777. The lowest BCUT2D eigenvalue weighted by atomic mass is 10.1. The first kappa shape index (κ1) is 17.6. The van der Waals surface area contributed by atoms with Crippen LogP contribution in [0.15, 0.2) is 36.4 Å². The number of hydrogen-bond acceptors (Lipinski definition) is 6. The molecule has 2 aromatic rings. The van der Waals surface area contributed by atoms with Gasteiger partial charge in [0.1, 0.15) is 12.2 Å². The number of rotatable bonds is 6. The molecule has 0 N–H and O–H groups in total. The van der Waals surface area contributed by atoms with E-state index in [1.807, 2.05) is 0 Å². The van der Waals surface area contributed by atoms with E-state index in [1.165, 1.54) is 20.3 Å². The van der Waals surface area contributed by atoms with Gasteiger partial charge in [0.15, 0.2) is 11.5 Å². The minimum Gasteiger partial charge on any atom is -0.493 e. The zero-order chi connectivity index (χ0) is 17.7. The minimum absolute atomic E-state index is 0.0646. The molecule has 0 unspecified atom stereocenters. The van der Waals surface area contributed by atoms with Crippen molar-refractivity contribution in [2.24, 2.45) is 0 Å². The Morgan fingerprint density at radius 2 is 1.83 bits per heavy atom. The largest absolute Gasteiger partial charge is 0.493 e. The highest BCUT2D eigenvalue weighted by molar-refractivity contribution is 6.30. The van der Waals surface area contributed by atoms with Gasteiger partial charge in [-0.2, -0.15) is 0 Å². The highest BCUT2D eigenvalue weighted by Crippen LogP contribution is 2.34. The van der Waals surface area contributed by atoms with Crippen LogP contribution in [0.1, 0.15) is 15.9 Å². The van der Waals surface area contributed by atoms with Gasteiger partial charge in [0.25, 0.3) is 5.69 Å². The van der Waals surface area contributed by atoms with E-state index in [1.54, 1.807) is 24.3 Å². The van der Waals surface area contributed by atoms with Crippen LogP contribution in [-0.4, -0.2) is 25.1 Å². The average Bonchev–Trinajstić information content (AvgIpc) is 2.58. The lowest BCUT2D eigenvalue weighted by molar-refractivity contribution is -0.385. The van der Waals surface area contributed by atoms with Gasteiger partial charge in [0.05, 0.1) is 25.2 Å². The summed E-state index contributed by atoms with van der Waals surface area (Å²) in [6.45, 7) is -0.0646. The average molecular weight is 352 g/mol. The number of methoxy groups -OCH3 is 2. The highest BCUT2D eigenvalue weighted by Gasteiger charge is 2.25. The molecule has 0 saturated carbocycles. The molecule has 0 aliphatic rings. The van der Waals surface area contributed by atoms with Crippen molar-refractivity contribution in [3.05, 3.63) is 62.7 Å². The van der Waals surface area contributed by atoms with Crippen LogP contribution in [0.4, 0.5) is 5.69 Å². The van der Waals surface area contributed by atoms with Gasteiger partial charge >= 0.3 is 5.97 Å². The second kappa shape index (κ2) is 7.65. The fourth-order valence-electron chi connectivity index (χ4n) is 2.04. The molecule has 0 saturated heterocycles. The molecule has 0 atom stereocenters. The van der Waals surface area contributed by atoms with Crippen LogP contribution in [0, 0.1) is 10.1 Å². The third-order valence-corrected chi connectivity index (χ3v) is 3.41. The van der Waals surface area contributed by atoms with Crippen molar-refractivity contribution >= 4 is 23.3 Å². The number of halogens is 1. The number of carbonyl (C=O) groups excluding carboxylic acids is 1. The molecule has 24 heavy (non-hydrogen) atoms. The maximum atomic E-state index is 12.2. The number of carbonyl (C=O) groups is 1. The van der Waals surface area contributed by atoms with Gasteiger partial charge in [-0.05, 0) is 17.7 Å². The normalized spacial score (nSPS) is 10.1. The van der Waals surface area contributed by atoms with E-state index in [2.05, 4.69) is 0 Å². The van der Waals surface area contributed by atoms with E-state index < -0.39 is 16.6 Å². The van der Waals surface area contributed by atoms with Crippen molar-refractivity contribution in [3.63, 3.8) is 0 Å². The summed E-state index contributed by atoms with van der Waals surface area (Å²) < 4.78 is 15.2. The number of ether oxygens (including phenoxy) is 3. The van der Waals surface area contributed by atoms with E-state index in [0.717, 1.165) is 6.07 Å². The van der Waals surface area contributed by atoms with Crippen LogP contribution in [0.3, 0.4) is 0 Å². The summed E-state index contributed by atoms with van der Waals surface area (Å²) in [5.41, 5.74) is 0.0161. The zero-order valence-electron chi connectivity index (χ0n) is 12.9. The number of nitro groups is 1. The molecule has 0 spiro atoms. The van der Waals surface area contributed by atoms with E-state index >= 15 is 0 Å². The summed E-state index contributed by atoms with van der Waals surface area (Å²) in [7, 11) is 2.71. The third kappa shape index (κ3) is 3.94. The smallest absolute Gasteiger partial charge is 0.345 e. The molecule has 0 amide bonds. The van der Waals surface area contributed by atoms with Gasteiger partial charge < -0.3 is 14.2 Å². The maximum Gasteiger partial charge on any atom is 0.345 e. The van der Waals surface area contributed by atoms with E-state index in [0.29, 0.717) is 10.6 Å². The van der Waals surface area contributed by atoms with Crippen molar-refractivity contribution in [1.82, 2.24) is 0 Å². The SMILES string of the molecule is COc1cc(C(=O)OCc2cccc(Cl)c2)c([N+](=O)[O-])cc1OC. The van der Waals surface area contributed by atoms with Gasteiger partial charge in [-0.1, -0.05) is 23.7 Å². The molecule has 0 aliphatic heterocycles. The topological polar surface area (TPSA) is 87.9 Å². The fraction of sp³-hybridized carbons (Fsp3) is 0.188. The Balaban J connectivity index is 2.28. The fourth-order valence-corrected chi connectivity index (χ4v) is 2.25. The van der Waals surface area contributed by atoms with Gasteiger partial charge in [-0.15, -0.1) is 0 Å². The quantitative estimate of drug-likeness (QED) is 0.448. The molecule has 0 radical (unpaired) electrons. The van der Waals surface area contributed by atoms with Gasteiger partial charge in [0, 0.05) is 11.1 Å². The van der Waals surface area contributed by atoms with Gasteiger partial charge in [-0.3, -0.25) is 10.1 Å². The molecule has 126 valence electrons. The number of nitro benzene ring substituents is 1. The maximum absolute atomic E-state index is 12.2. The van der Waals surface area contributed by atoms with Crippen molar-refractivity contribution < 1.29 is 23.9 Å². The molecule has 0 aliphatic carbocycles. The van der Waals surface area contributed by atoms with E-state index in [4.69, 9.17) is 25.8 Å². The summed E-state index contributed by atoms with van der Waals surface area (Å²) in [6.07, 6.45) is 0. The zero-order valence-corrected chi connectivity index (χ0v) is 13.7. The number of hydrogen-bond donors (Lipinski definition) is 0. The first-order valence-corrected chi connectivity index (χ1v) is 7.16. The summed E-state index contributed by atoms with van der Waals surface area (Å²) in [5.74, 6) is -0.504. The predicted octanol–water partition coefficient (Wildman–Crippen LogP) is 3.62. The molecular weight excluding hydrogens is 338 g/mol. The third-order valence-electron chi connectivity index (χ3n) is 3.18. The van der Waals surface area contributed by atoms with Crippen molar-refractivity contribution in [1.29, 1.82) is 0 Å². The number of nitrogens with zero attached hydrogens (tertiary/aromatic N) is 1. The van der Waals surface area contributed by atoms with Crippen LogP contribution in [0.25, 0.3) is 0 Å². The van der Waals surface area contributed by atoms with E-state index in [-0.39, 0.29) is 23.7 Å². The lowest BCUT2D eigenvalue weighted by Crippen LogP contribution is -2.09. The molecular formula is C16H14ClNO6. The van der Waals surface area contributed by atoms with Crippen LogP contribution in [0.2, 0.25) is 5.02 Å². The first-order chi connectivity index (χ1) is 11.5. The molecule has 2 aromatic carbocycles. The van der Waals surface area contributed by atoms with Crippen molar-refractivity contribution in [2.75, 3.05) is 14.2 Å². The Hall–Kier alpha value is -2.80. The first-order valence-electron chi connectivity index (χ1n) is 6.78. The Morgan fingerprint density at radius 1 is 1.17 bits per heavy atom. The predicted molar refractivity (Wildman–Crippen MR) is 86.8 cm³/mol. The van der Waals surface area contributed by atoms with Gasteiger partial charge in [-0.25, -0.2) is 4.79 Å².